The highest BCUT2D eigenvalue weighted by Crippen LogP contribution is 2.38. The van der Waals surface area contributed by atoms with E-state index in [2.05, 4.69) is 0 Å². The lowest BCUT2D eigenvalue weighted by molar-refractivity contribution is -0.141. The van der Waals surface area contributed by atoms with E-state index in [1.807, 2.05) is 6.92 Å². The third kappa shape index (κ3) is 3.22. The highest BCUT2D eigenvalue weighted by molar-refractivity contribution is 5.82. The summed E-state index contributed by atoms with van der Waals surface area (Å²) in [6.07, 6.45) is 4.86. The van der Waals surface area contributed by atoms with E-state index in [1.54, 1.807) is 11.9 Å². The van der Waals surface area contributed by atoms with Crippen LogP contribution < -0.4 is 0 Å². The molecule has 92 valence electrons. The van der Waals surface area contributed by atoms with E-state index < -0.39 is 5.97 Å². The molecule has 1 aliphatic carbocycles. The highest BCUT2D eigenvalue weighted by atomic mass is 16.4. The molecule has 0 unspecified atom stereocenters. The number of aliphatic carboxylic acids is 1. The van der Waals surface area contributed by atoms with Gasteiger partial charge in [0.15, 0.2) is 0 Å². The van der Waals surface area contributed by atoms with Gasteiger partial charge in [-0.3, -0.25) is 9.59 Å². The van der Waals surface area contributed by atoms with Crippen LogP contribution in [0.4, 0.5) is 0 Å². The molecule has 0 heterocycles. The summed E-state index contributed by atoms with van der Waals surface area (Å²) in [6, 6.07) is 0. The van der Waals surface area contributed by atoms with Gasteiger partial charge in [-0.1, -0.05) is 19.8 Å². The van der Waals surface area contributed by atoms with Gasteiger partial charge in [0.05, 0.1) is 0 Å². The lowest BCUT2D eigenvalue weighted by Gasteiger charge is -2.28. The fourth-order valence-corrected chi connectivity index (χ4v) is 2.40. The van der Waals surface area contributed by atoms with Crippen molar-refractivity contribution in [1.82, 2.24) is 4.90 Å². The van der Waals surface area contributed by atoms with Crippen LogP contribution >= 0.6 is 0 Å². The number of nitrogens with zero attached hydrogens (tertiary/aromatic N) is 1. The van der Waals surface area contributed by atoms with Crippen LogP contribution in [0.1, 0.15) is 45.4 Å². The molecule has 0 aromatic heterocycles. The van der Waals surface area contributed by atoms with Crippen molar-refractivity contribution in [2.75, 3.05) is 13.6 Å². The van der Waals surface area contributed by atoms with Crippen molar-refractivity contribution >= 4 is 11.9 Å². The summed E-state index contributed by atoms with van der Waals surface area (Å²) in [5.41, 5.74) is -0.196. The Morgan fingerprint density at radius 3 is 2.38 bits per heavy atom. The normalized spacial score (nSPS) is 18.4. The molecule has 1 amide bonds. The lowest BCUT2D eigenvalue weighted by Crippen LogP contribution is -2.39. The van der Waals surface area contributed by atoms with E-state index in [0.29, 0.717) is 13.0 Å². The number of rotatable bonds is 5. The molecule has 0 aromatic carbocycles. The summed E-state index contributed by atoms with van der Waals surface area (Å²) in [5.74, 6) is -0.622. The Morgan fingerprint density at radius 1 is 1.31 bits per heavy atom. The maximum Gasteiger partial charge on any atom is 0.303 e. The van der Waals surface area contributed by atoms with Crippen molar-refractivity contribution in [3.63, 3.8) is 0 Å². The minimum absolute atomic E-state index is 0.133. The van der Waals surface area contributed by atoms with Gasteiger partial charge >= 0.3 is 5.97 Å². The molecule has 4 heteroatoms. The zero-order valence-corrected chi connectivity index (χ0v) is 10.2. The predicted octanol–water partition coefficient (Wildman–Crippen LogP) is 1.89. The van der Waals surface area contributed by atoms with E-state index in [4.69, 9.17) is 5.11 Å². The smallest absolute Gasteiger partial charge is 0.303 e. The Hall–Kier alpha value is -1.06. The molecule has 0 bridgehead atoms. The molecular formula is C12H21NO3. The minimum atomic E-state index is -0.798. The van der Waals surface area contributed by atoms with E-state index in [1.165, 1.54) is 0 Å². The monoisotopic (exact) mass is 227 g/mol. The van der Waals surface area contributed by atoms with Gasteiger partial charge in [0.25, 0.3) is 0 Å². The summed E-state index contributed by atoms with van der Waals surface area (Å²) in [6.45, 7) is 2.57. The van der Waals surface area contributed by atoms with Gasteiger partial charge in [0.1, 0.15) is 0 Å². The van der Waals surface area contributed by atoms with Gasteiger partial charge in [-0.2, -0.15) is 0 Å². The molecule has 0 saturated heterocycles. The van der Waals surface area contributed by atoms with Crippen LogP contribution in [0.2, 0.25) is 0 Å². The van der Waals surface area contributed by atoms with Crippen LogP contribution in [-0.4, -0.2) is 35.5 Å². The molecule has 16 heavy (non-hydrogen) atoms. The van der Waals surface area contributed by atoms with Crippen LogP contribution in [0.25, 0.3) is 0 Å². The molecular weight excluding hydrogens is 206 g/mol. The SMILES string of the molecule is CN(CCCC(=O)O)C(=O)C1(C)CCCC1. The topological polar surface area (TPSA) is 57.6 Å². The summed E-state index contributed by atoms with van der Waals surface area (Å²) < 4.78 is 0. The zero-order chi connectivity index (χ0) is 12.2. The molecule has 1 N–H and O–H groups in total. The van der Waals surface area contributed by atoms with Crippen molar-refractivity contribution in [2.45, 2.75) is 45.4 Å². The second kappa shape index (κ2) is 5.32. The van der Waals surface area contributed by atoms with Gasteiger partial charge in [0, 0.05) is 25.4 Å². The standard InChI is InChI=1S/C12H21NO3/c1-12(7-3-4-8-12)11(16)13(2)9-5-6-10(14)15/h3-9H2,1-2H3,(H,14,15). The Kier molecular flexibility index (Phi) is 4.33. The average Bonchev–Trinajstić information content (AvgIpc) is 2.64. The molecule has 1 fully saturated rings. The summed E-state index contributed by atoms with van der Waals surface area (Å²) in [7, 11) is 1.77. The Balaban J connectivity index is 2.38. The molecule has 0 aromatic rings. The molecule has 4 nitrogen and oxygen atoms in total. The zero-order valence-electron chi connectivity index (χ0n) is 10.2. The number of hydrogen-bond donors (Lipinski definition) is 1. The number of amides is 1. The second-order valence-corrected chi connectivity index (χ2v) is 4.99. The second-order valence-electron chi connectivity index (χ2n) is 4.99. The summed E-state index contributed by atoms with van der Waals surface area (Å²) >= 11 is 0. The fraction of sp³-hybridized carbons (Fsp3) is 0.833. The van der Waals surface area contributed by atoms with Crippen LogP contribution in [0.5, 0.6) is 0 Å². The molecule has 0 atom stereocenters. The van der Waals surface area contributed by atoms with E-state index in [-0.39, 0.29) is 17.7 Å². The van der Waals surface area contributed by atoms with E-state index in [0.717, 1.165) is 25.7 Å². The third-order valence-corrected chi connectivity index (χ3v) is 3.45. The third-order valence-electron chi connectivity index (χ3n) is 3.45. The van der Waals surface area contributed by atoms with Crippen LogP contribution in [0.15, 0.2) is 0 Å². The lowest BCUT2D eigenvalue weighted by atomic mass is 9.87. The first-order valence-corrected chi connectivity index (χ1v) is 5.93. The van der Waals surface area contributed by atoms with E-state index >= 15 is 0 Å². The molecule has 0 spiro atoms. The van der Waals surface area contributed by atoms with Crippen molar-refractivity contribution in [3.8, 4) is 0 Å². The van der Waals surface area contributed by atoms with Gasteiger partial charge < -0.3 is 10.0 Å². The average molecular weight is 227 g/mol. The van der Waals surface area contributed by atoms with Crippen LogP contribution in [0.3, 0.4) is 0 Å². The molecule has 0 aliphatic heterocycles. The van der Waals surface area contributed by atoms with Crippen LogP contribution in [0, 0.1) is 5.41 Å². The quantitative estimate of drug-likeness (QED) is 0.780. The first kappa shape index (κ1) is 13.0. The maximum atomic E-state index is 12.1. The van der Waals surface area contributed by atoms with Crippen molar-refractivity contribution in [1.29, 1.82) is 0 Å². The number of hydrogen-bond acceptors (Lipinski definition) is 2. The number of carboxylic acid groups (broad SMARTS) is 1. The Bertz CT molecular complexity index is 269. The maximum absolute atomic E-state index is 12.1. The number of carbonyl (C=O) groups excluding carboxylic acids is 1. The molecule has 1 aliphatic rings. The first-order valence-electron chi connectivity index (χ1n) is 5.93. The number of carbonyl (C=O) groups is 2. The summed E-state index contributed by atoms with van der Waals surface area (Å²) in [4.78, 5) is 24.2. The van der Waals surface area contributed by atoms with Gasteiger partial charge in [0.2, 0.25) is 5.91 Å². The van der Waals surface area contributed by atoms with Crippen molar-refractivity contribution < 1.29 is 14.7 Å². The summed E-state index contributed by atoms with van der Waals surface area (Å²) in [5, 5.41) is 8.52. The number of carboxylic acids is 1. The van der Waals surface area contributed by atoms with Gasteiger partial charge in [-0.05, 0) is 19.3 Å². The van der Waals surface area contributed by atoms with E-state index in [9.17, 15) is 9.59 Å². The molecule has 1 saturated carbocycles. The fourth-order valence-electron chi connectivity index (χ4n) is 2.40. The Morgan fingerprint density at radius 2 is 1.88 bits per heavy atom. The van der Waals surface area contributed by atoms with Crippen LogP contribution in [-0.2, 0) is 9.59 Å². The van der Waals surface area contributed by atoms with Gasteiger partial charge in [-0.15, -0.1) is 0 Å². The first-order chi connectivity index (χ1) is 7.46. The largest absolute Gasteiger partial charge is 0.481 e. The van der Waals surface area contributed by atoms with Crippen molar-refractivity contribution in [2.24, 2.45) is 5.41 Å². The minimum Gasteiger partial charge on any atom is -0.481 e. The Labute approximate surface area is 96.6 Å². The molecule has 1 rings (SSSR count). The highest BCUT2D eigenvalue weighted by Gasteiger charge is 2.37. The van der Waals surface area contributed by atoms with Crippen molar-refractivity contribution in [3.05, 3.63) is 0 Å². The molecule has 0 radical (unpaired) electrons. The predicted molar refractivity (Wildman–Crippen MR) is 61.1 cm³/mol. The van der Waals surface area contributed by atoms with Gasteiger partial charge in [-0.25, -0.2) is 0 Å².